The van der Waals surface area contributed by atoms with Crippen molar-refractivity contribution < 1.29 is 14.6 Å². The summed E-state index contributed by atoms with van der Waals surface area (Å²) < 4.78 is 4.87. The van der Waals surface area contributed by atoms with Gasteiger partial charge in [-0.15, -0.1) is 0 Å². The number of carbonyl (C=O) groups excluding carboxylic acids is 1. The summed E-state index contributed by atoms with van der Waals surface area (Å²) in [4.78, 5) is 10.9. The van der Waals surface area contributed by atoms with Gasteiger partial charge in [0.05, 0.1) is 12.6 Å². The van der Waals surface area contributed by atoms with Crippen LogP contribution in [0.1, 0.15) is 20.3 Å². The molecule has 0 saturated carbocycles. The molecule has 0 aliphatic rings. The number of aliphatic hydroxyl groups is 1. The minimum Gasteiger partial charge on any atom is -0.462 e. The Hall–Kier alpha value is -0.610. The highest BCUT2D eigenvalue weighted by molar-refractivity contribution is 5.71. The molecule has 4 heteroatoms. The number of ether oxygens (including phenoxy) is 1. The normalized spacial score (nSPS) is 10.3. The summed E-state index contributed by atoms with van der Waals surface area (Å²) in [7, 11) is 0. The van der Waals surface area contributed by atoms with Crippen LogP contribution in [0.15, 0.2) is 0 Å². The molecule has 0 amide bonds. The lowest BCUT2D eigenvalue weighted by molar-refractivity contribution is -0.146. The molecular formula is C8H17NO3. The standard InChI is InChI=1S/C8H17NO3/c1-7(2)12-8(11)6-9-4-3-5-10/h7,9-10H,3-6H2,1-2H3. The maximum atomic E-state index is 10.9. The molecule has 0 bridgehead atoms. The van der Waals surface area contributed by atoms with Gasteiger partial charge in [0, 0.05) is 6.61 Å². The number of hydrogen-bond donors (Lipinski definition) is 2. The smallest absolute Gasteiger partial charge is 0.320 e. The third-order valence-electron chi connectivity index (χ3n) is 1.15. The van der Waals surface area contributed by atoms with E-state index in [9.17, 15) is 4.79 Å². The van der Waals surface area contributed by atoms with Crippen LogP contribution in [0.4, 0.5) is 0 Å². The van der Waals surface area contributed by atoms with Crippen molar-refractivity contribution in [3.8, 4) is 0 Å². The molecule has 0 radical (unpaired) electrons. The van der Waals surface area contributed by atoms with Gasteiger partial charge in [0.15, 0.2) is 0 Å². The Morgan fingerprint density at radius 3 is 2.75 bits per heavy atom. The zero-order valence-corrected chi connectivity index (χ0v) is 7.67. The lowest BCUT2D eigenvalue weighted by Gasteiger charge is -2.07. The van der Waals surface area contributed by atoms with E-state index in [-0.39, 0.29) is 25.2 Å². The van der Waals surface area contributed by atoms with Gasteiger partial charge in [-0.1, -0.05) is 0 Å². The molecule has 0 aliphatic heterocycles. The molecule has 0 spiro atoms. The van der Waals surface area contributed by atoms with Gasteiger partial charge < -0.3 is 15.2 Å². The summed E-state index contributed by atoms with van der Waals surface area (Å²) in [5.74, 6) is -0.247. The molecule has 0 rings (SSSR count). The molecule has 0 fully saturated rings. The highest BCUT2D eigenvalue weighted by atomic mass is 16.5. The predicted octanol–water partition coefficient (Wildman–Crippen LogP) is -0.0900. The minimum atomic E-state index is -0.247. The number of carbonyl (C=O) groups is 1. The third-order valence-corrected chi connectivity index (χ3v) is 1.15. The monoisotopic (exact) mass is 175 g/mol. The van der Waals surface area contributed by atoms with E-state index in [1.165, 1.54) is 0 Å². The third kappa shape index (κ3) is 7.50. The minimum absolute atomic E-state index is 0.0582. The average molecular weight is 175 g/mol. The summed E-state index contributed by atoms with van der Waals surface area (Å²) >= 11 is 0. The van der Waals surface area contributed by atoms with Crippen LogP contribution >= 0.6 is 0 Å². The van der Waals surface area contributed by atoms with E-state index in [0.717, 1.165) is 0 Å². The van der Waals surface area contributed by atoms with Gasteiger partial charge >= 0.3 is 5.97 Å². The van der Waals surface area contributed by atoms with Gasteiger partial charge in [0.1, 0.15) is 0 Å². The Bertz CT molecular complexity index is 125. The van der Waals surface area contributed by atoms with E-state index in [1.54, 1.807) is 0 Å². The van der Waals surface area contributed by atoms with Crippen molar-refractivity contribution in [1.82, 2.24) is 5.32 Å². The van der Waals surface area contributed by atoms with Gasteiger partial charge in [-0.05, 0) is 26.8 Å². The van der Waals surface area contributed by atoms with Crippen LogP contribution in [-0.2, 0) is 9.53 Å². The Kier molecular flexibility index (Phi) is 6.70. The van der Waals surface area contributed by atoms with Gasteiger partial charge in [0.25, 0.3) is 0 Å². The fourth-order valence-electron chi connectivity index (χ4n) is 0.699. The zero-order valence-electron chi connectivity index (χ0n) is 7.67. The van der Waals surface area contributed by atoms with Gasteiger partial charge in [0.2, 0.25) is 0 Å². The van der Waals surface area contributed by atoms with Crippen LogP contribution in [0.3, 0.4) is 0 Å². The molecule has 4 nitrogen and oxygen atoms in total. The fourth-order valence-corrected chi connectivity index (χ4v) is 0.699. The van der Waals surface area contributed by atoms with E-state index in [2.05, 4.69) is 5.32 Å². The largest absolute Gasteiger partial charge is 0.462 e. The summed E-state index contributed by atoms with van der Waals surface area (Å²) in [6.07, 6.45) is 0.603. The van der Waals surface area contributed by atoms with E-state index in [1.807, 2.05) is 13.8 Å². The molecule has 0 unspecified atom stereocenters. The maximum absolute atomic E-state index is 10.9. The van der Waals surface area contributed by atoms with Crippen LogP contribution in [0.25, 0.3) is 0 Å². The van der Waals surface area contributed by atoms with Crippen molar-refractivity contribution in [2.24, 2.45) is 0 Å². The quantitative estimate of drug-likeness (QED) is 0.437. The van der Waals surface area contributed by atoms with Crippen molar-refractivity contribution in [3.63, 3.8) is 0 Å². The first-order chi connectivity index (χ1) is 5.66. The van der Waals surface area contributed by atoms with Crippen molar-refractivity contribution in [2.45, 2.75) is 26.4 Å². The van der Waals surface area contributed by atoms with Gasteiger partial charge in [-0.25, -0.2) is 0 Å². The second-order valence-corrected chi connectivity index (χ2v) is 2.79. The highest BCUT2D eigenvalue weighted by Crippen LogP contribution is 1.87. The molecular weight excluding hydrogens is 158 g/mol. The maximum Gasteiger partial charge on any atom is 0.320 e. The van der Waals surface area contributed by atoms with Crippen molar-refractivity contribution in [1.29, 1.82) is 0 Å². The molecule has 72 valence electrons. The SMILES string of the molecule is CC(C)OC(=O)CNCCCO. The fraction of sp³-hybridized carbons (Fsp3) is 0.875. The second-order valence-electron chi connectivity index (χ2n) is 2.79. The Labute approximate surface area is 72.9 Å². The molecule has 0 aromatic rings. The topological polar surface area (TPSA) is 58.6 Å². The van der Waals surface area contributed by atoms with Crippen molar-refractivity contribution in [3.05, 3.63) is 0 Å². The summed E-state index contributed by atoms with van der Waals surface area (Å²) in [6, 6.07) is 0. The summed E-state index contributed by atoms with van der Waals surface area (Å²) in [5, 5.41) is 11.3. The predicted molar refractivity (Wildman–Crippen MR) is 45.8 cm³/mol. The van der Waals surface area contributed by atoms with Gasteiger partial charge in [-0.2, -0.15) is 0 Å². The van der Waals surface area contributed by atoms with Crippen LogP contribution in [0.5, 0.6) is 0 Å². The first kappa shape index (κ1) is 11.4. The van der Waals surface area contributed by atoms with E-state index < -0.39 is 0 Å². The van der Waals surface area contributed by atoms with Crippen molar-refractivity contribution in [2.75, 3.05) is 19.7 Å². The Morgan fingerprint density at radius 1 is 1.58 bits per heavy atom. The molecule has 12 heavy (non-hydrogen) atoms. The highest BCUT2D eigenvalue weighted by Gasteiger charge is 2.03. The van der Waals surface area contributed by atoms with E-state index in [0.29, 0.717) is 13.0 Å². The lowest BCUT2D eigenvalue weighted by Crippen LogP contribution is -2.27. The van der Waals surface area contributed by atoms with E-state index >= 15 is 0 Å². The first-order valence-electron chi connectivity index (χ1n) is 4.18. The van der Waals surface area contributed by atoms with Crippen LogP contribution in [0.2, 0.25) is 0 Å². The lowest BCUT2D eigenvalue weighted by atomic mass is 10.4. The molecule has 0 heterocycles. The molecule has 2 N–H and O–H groups in total. The van der Waals surface area contributed by atoms with E-state index in [4.69, 9.17) is 9.84 Å². The first-order valence-corrected chi connectivity index (χ1v) is 4.18. The molecule has 0 aliphatic carbocycles. The van der Waals surface area contributed by atoms with Crippen LogP contribution < -0.4 is 5.32 Å². The number of aliphatic hydroxyl groups excluding tert-OH is 1. The number of esters is 1. The summed E-state index contributed by atoms with van der Waals surface area (Å²) in [5.41, 5.74) is 0. The average Bonchev–Trinajstić information content (AvgIpc) is 1.97. The Morgan fingerprint density at radius 2 is 2.25 bits per heavy atom. The van der Waals surface area contributed by atoms with Crippen LogP contribution in [-0.4, -0.2) is 36.9 Å². The molecule has 0 aromatic carbocycles. The number of hydrogen-bond acceptors (Lipinski definition) is 4. The molecule has 0 aromatic heterocycles. The number of nitrogens with one attached hydrogen (secondary N) is 1. The second kappa shape index (κ2) is 7.06. The van der Waals surface area contributed by atoms with Gasteiger partial charge in [-0.3, -0.25) is 4.79 Å². The Balaban J connectivity index is 3.20. The van der Waals surface area contributed by atoms with Crippen molar-refractivity contribution >= 4 is 5.97 Å². The number of rotatable bonds is 6. The van der Waals surface area contributed by atoms with Crippen LogP contribution in [0, 0.1) is 0 Å². The summed E-state index contributed by atoms with van der Waals surface area (Å²) in [6.45, 7) is 4.63. The molecule has 0 saturated heterocycles. The zero-order chi connectivity index (χ0) is 9.40. The molecule has 0 atom stereocenters.